The monoisotopic (exact) mass is 252 g/mol. The number of hydrogen-bond donors (Lipinski definition) is 3. The van der Waals surface area contributed by atoms with Crippen LogP contribution in [0.15, 0.2) is 24.3 Å². The standard InChI is InChI=1S/C13H17FN2O2/c14-11-4-2-10(3-5-11)13(6-7-13)16-12(18)15-8-1-9-17/h2-5,17H,1,6-9H2,(H2,15,16,18). The molecule has 1 aliphatic rings. The SMILES string of the molecule is O=C(NCCCO)NC1(c2ccc(F)cc2)CC1. The number of hydrogen-bond acceptors (Lipinski definition) is 2. The summed E-state index contributed by atoms with van der Waals surface area (Å²) in [4.78, 5) is 11.6. The molecule has 0 aromatic heterocycles. The second-order valence-electron chi connectivity index (χ2n) is 4.55. The number of benzene rings is 1. The highest BCUT2D eigenvalue weighted by Crippen LogP contribution is 2.45. The van der Waals surface area contributed by atoms with Crippen molar-refractivity contribution in [2.24, 2.45) is 0 Å². The third kappa shape index (κ3) is 2.98. The maximum atomic E-state index is 12.8. The first kappa shape index (κ1) is 12.8. The Kier molecular flexibility index (Phi) is 3.81. The van der Waals surface area contributed by atoms with Crippen molar-refractivity contribution in [1.29, 1.82) is 0 Å². The fraction of sp³-hybridized carbons (Fsp3) is 0.462. The quantitative estimate of drug-likeness (QED) is 0.695. The van der Waals surface area contributed by atoms with Gasteiger partial charge in [0.1, 0.15) is 5.82 Å². The molecule has 0 radical (unpaired) electrons. The zero-order chi connectivity index (χ0) is 13.0. The topological polar surface area (TPSA) is 61.4 Å². The maximum Gasteiger partial charge on any atom is 0.315 e. The van der Waals surface area contributed by atoms with Crippen LogP contribution >= 0.6 is 0 Å². The minimum Gasteiger partial charge on any atom is -0.396 e. The highest BCUT2D eigenvalue weighted by molar-refractivity contribution is 5.75. The Balaban J connectivity index is 1.92. The van der Waals surface area contributed by atoms with E-state index in [4.69, 9.17) is 5.11 Å². The molecule has 0 unspecified atom stereocenters. The smallest absolute Gasteiger partial charge is 0.315 e. The molecule has 98 valence electrons. The van der Waals surface area contributed by atoms with Crippen molar-refractivity contribution >= 4 is 6.03 Å². The number of aliphatic hydroxyl groups excluding tert-OH is 1. The Bertz CT molecular complexity index is 416. The van der Waals surface area contributed by atoms with Gasteiger partial charge in [-0.25, -0.2) is 9.18 Å². The number of rotatable bonds is 5. The van der Waals surface area contributed by atoms with Gasteiger partial charge in [-0.15, -0.1) is 0 Å². The molecule has 1 saturated carbocycles. The third-order valence-corrected chi connectivity index (χ3v) is 3.12. The molecule has 0 atom stereocenters. The number of amides is 2. The van der Waals surface area contributed by atoms with Crippen molar-refractivity contribution in [2.45, 2.75) is 24.8 Å². The van der Waals surface area contributed by atoms with E-state index in [0.717, 1.165) is 18.4 Å². The summed E-state index contributed by atoms with van der Waals surface area (Å²) in [7, 11) is 0. The van der Waals surface area contributed by atoms with Crippen LogP contribution in [0, 0.1) is 5.82 Å². The number of carbonyl (C=O) groups excluding carboxylic acids is 1. The first-order valence-electron chi connectivity index (χ1n) is 6.09. The molecule has 2 rings (SSSR count). The van der Waals surface area contributed by atoms with Crippen molar-refractivity contribution in [3.05, 3.63) is 35.6 Å². The Morgan fingerprint density at radius 3 is 2.56 bits per heavy atom. The zero-order valence-corrected chi connectivity index (χ0v) is 10.1. The van der Waals surface area contributed by atoms with Gasteiger partial charge in [-0.1, -0.05) is 12.1 Å². The van der Waals surface area contributed by atoms with E-state index in [1.165, 1.54) is 12.1 Å². The molecule has 5 heteroatoms. The minimum absolute atomic E-state index is 0.0589. The average Bonchev–Trinajstić information content (AvgIpc) is 3.11. The van der Waals surface area contributed by atoms with E-state index in [-0.39, 0.29) is 24.0 Å². The van der Waals surface area contributed by atoms with E-state index < -0.39 is 0 Å². The van der Waals surface area contributed by atoms with Gasteiger partial charge in [-0.05, 0) is 37.0 Å². The largest absolute Gasteiger partial charge is 0.396 e. The van der Waals surface area contributed by atoms with Crippen molar-refractivity contribution in [2.75, 3.05) is 13.2 Å². The molecule has 18 heavy (non-hydrogen) atoms. The Labute approximate surface area is 105 Å². The van der Waals surface area contributed by atoms with E-state index in [2.05, 4.69) is 10.6 Å². The van der Waals surface area contributed by atoms with Crippen LogP contribution in [0.4, 0.5) is 9.18 Å². The molecule has 0 saturated heterocycles. The molecule has 1 fully saturated rings. The summed E-state index contributed by atoms with van der Waals surface area (Å²) in [5, 5.41) is 14.2. The minimum atomic E-state index is -0.336. The maximum absolute atomic E-state index is 12.8. The average molecular weight is 252 g/mol. The normalized spacial score (nSPS) is 16.1. The van der Waals surface area contributed by atoms with Gasteiger partial charge in [0, 0.05) is 13.2 Å². The van der Waals surface area contributed by atoms with Gasteiger partial charge < -0.3 is 15.7 Å². The van der Waals surface area contributed by atoms with Gasteiger partial charge >= 0.3 is 6.03 Å². The summed E-state index contributed by atoms with van der Waals surface area (Å²) in [5.41, 5.74) is 0.595. The molecule has 0 heterocycles. The first-order valence-corrected chi connectivity index (χ1v) is 6.09. The molecule has 3 N–H and O–H groups in total. The van der Waals surface area contributed by atoms with Crippen molar-refractivity contribution in [3.8, 4) is 0 Å². The molecule has 4 nitrogen and oxygen atoms in total. The summed E-state index contributed by atoms with van der Waals surface area (Å²) in [5.74, 6) is -0.276. The van der Waals surface area contributed by atoms with Crippen LogP contribution < -0.4 is 10.6 Å². The summed E-state index contributed by atoms with van der Waals surface area (Å²) < 4.78 is 12.8. The van der Waals surface area contributed by atoms with Crippen LogP contribution in [-0.4, -0.2) is 24.3 Å². The van der Waals surface area contributed by atoms with E-state index in [1.54, 1.807) is 12.1 Å². The van der Waals surface area contributed by atoms with Gasteiger partial charge in [0.2, 0.25) is 0 Å². The second kappa shape index (κ2) is 5.35. The molecule has 1 aromatic rings. The molecular weight excluding hydrogens is 235 g/mol. The lowest BCUT2D eigenvalue weighted by molar-refractivity contribution is 0.233. The molecule has 1 aliphatic carbocycles. The summed E-state index contributed by atoms with van der Waals surface area (Å²) in [6, 6.07) is 5.97. The molecule has 2 amide bonds. The van der Waals surface area contributed by atoms with Gasteiger partial charge in [-0.3, -0.25) is 0 Å². The van der Waals surface area contributed by atoms with Gasteiger partial charge in [0.25, 0.3) is 0 Å². The van der Waals surface area contributed by atoms with Gasteiger partial charge in [0.15, 0.2) is 0 Å². The lowest BCUT2D eigenvalue weighted by Gasteiger charge is -2.18. The second-order valence-corrected chi connectivity index (χ2v) is 4.55. The number of urea groups is 1. The molecule has 0 aliphatic heterocycles. The molecule has 0 spiro atoms. The van der Waals surface area contributed by atoms with Crippen molar-refractivity contribution in [1.82, 2.24) is 10.6 Å². The van der Waals surface area contributed by atoms with E-state index in [9.17, 15) is 9.18 Å². The van der Waals surface area contributed by atoms with Crippen LogP contribution in [0.5, 0.6) is 0 Å². The molecule has 0 bridgehead atoms. The van der Waals surface area contributed by atoms with Crippen molar-refractivity contribution in [3.63, 3.8) is 0 Å². The molecule has 1 aromatic carbocycles. The highest BCUT2D eigenvalue weighted by Gasteiger charge is 2.45. The third-order valence-electron chi connectivity index (χ3n) is 3.12. The van der Waals surface area contributed by atoms with E-state index in [1.807, 2.05) is 0 Å². The lowest BCUT2D eigenvalue weighted by Crippen LogP contribution is -2.42. The fourth-order valence-corrected chi connectivity index (χ4v) is 1.92. The van der Waals surface area contributed by atoms with Crippen LogP contribution in [0.1, 0.15) is 24.8 Å². The Hall–Kier alpha value is -1.62. The number of nitrogens with one attached hydrogen (secondary N) is 2. The number of halogens is 1. The summed E-state index contributed by atoms with van der Waals surface area (Å²) >= 11 is 0. The fourth-order valence-electron chi connectivity index (χ4n) is 1.92. The van der Waals surface area contributed by atoms with E-state index >= 15 is 0 Å². The van der Waals surface area contributed by atoms with Crippen LogP contribution in [0.3, 0.4) is 0 Å². The van der Waals surface area contributed by atoms with Crippen LogP contribution in [-0.2, 0) is 5.54 Å². The Morgan fingerprint density at radius 1 is 1.33 bits per heavy atom. The Morgan fingerprint density at radius 2 is 2.00 bits per heavy atom. The number of carbonyl (C=O) groups is 1. The zero-order valence-electron chi connectivity index (χ0n) is 10.1. The summed E-state index contributed by atoms with van der Waals surface area (Å²) in [6.45, 7) is 0.505. The number of aliphatic hydroxyl groups is 1. The van der Waals surface area contributed by atoms with Gasteiger partial charge in [0.05, 0.1) is 5.54 Å². The predicted octanol–water partition coefficient (Wildman–Crippen LogP) is 1.50. The first-order chi connectivity index (χ1) is 8.66. The summed E-state index contributed by atoms with van der Waals surface area (Å²) in [6.07, 6.45) is 2.27. The van der Waals surface area contributed by atoms with Gasteiger partial charge in [-0.2, -0.15) is 0 Å². The van der Waals surface area contributed by atoms with E-state index in [0.29, 0.717) is 13.0 Å². The van der Waals surface area contributed by atoms with Crippen LogP contribution in [0.2, 0.25) is 0 Å². The molecular formula is C13H17FN2O2. The lowest BCUT2D eigenvalue weighted by atomic mass is 10.1. The van der Waals surface area contributed by atoms with Crippen molar-refractivity contribution < 1.29 is 14.3 Å². The predicted molar refractivity (Wildman–Crippen MR) is 65.5 cm³/mol. The highest BCUT2D eigenvalue weighted by atomic mass is 19.1. The van der Waals surface area contributed by atoms with Crippen LogP contribution in [0.25, 0.3) is 0 Å².